The molecule has 3 heteroatoms. The van der Waals surface area contributed by atoms with Gasteiger partial charge >= 0.3 is 0 Å². The van der Waals surface area contributed by atoms with E-state index in [0.29, 0.717) is 6.61 Å². The van der Waals surface area contributed by atoms with Crippen LogP contribution >= 0.6 is 0 Å². The molecule has 0 bridgehead atoms. The summed E-state index contributed by atoms with van der Waals surface area (Å²) < 4.78 is 11.2. The lowest BCUT2D eigenvalue weighted by atomic mass is 10.0. The molecule has 1 saturated heterocycles. The molecule has 22 heavy (non-hydrogen) atoms. The van der Waals surface area contributed by atoms with Gasteiger partial charge in [0.05, 0.1) is 12.1 Å². The van der Waals surface area contributed by atoms with E-state index in [1.165, 1.54) is 0 Å². The molecule has 110 valence electrons. The molecule has 2 aromatic carbocycles. The van der Waals surface area contributed by atoms with Crippen LogP contribution in [0.25, 0.3) is 22.0 Å². The minimum Gasteiger partial charge on any atom is -0.490 e. The van der Waals surface area contributed by atoms with Crippen molar-refractivity contribution in [3.8, 4) is 16.9 Å². The molecule has 0 aliphatic carbocycles. The zero-order valence-corrected chi connectivity index (χ0v) is 12.5. The van der Waals surface area contributed by atoms with Gasteiger partial charge in [-0.2, -0.15) is 0 Å². The fraction of sp³-hybridized carbons (Fsp3) is 0.211. The number of epoxide rings is 1. The lowest BCUT2D eigenvalue weighted by Gasteiger charge is -2.11. The maximum Gasteiger partial charge on any atom is 0.123 e. The Kier molecular flexibility index (Phi) is 3.09. The van der Waals surface area contributed by atoms with Crippen LogP contribution in [0.1, 0.15) is 6.92 Å². The van der Waals surface area contributed by atoms with Gasteiger partial charge in [0.2, 0.25) is 0 Å². The van der Waals surface area contributed by atoms with Crippen molar-refractivity contribution >= 4 is 10.9 Å². The summed E-state index contributed by atoms with van der Waals surface area (Å²) in [5.74, 6) is 0.863. The number of hydrogen-bond donors (Lipinski definition) is 0. The zero-order chi connectivity index (χ0) is 15.0. The number of ether oxygens (including phenoxy) is 2. The fourth-order valence-electron chi connectivity index (χ4n) is 2.53. The predicted octanol–water partition coefficient (Wildman–Crippen LogP) is 4.07. The first-order chi connectivity index (χ1) is 10.7. The van der Waals surface area contributed by atoms with Crippen LogP contribution in [-0.4, -0.2) is 23.8 Å². The highest BCUT2D eigenvalue weighted by atomic mass is 16.6. The number of aromatic nitrogens is 1. The second-order valence-electron chi connectivity index (χ2n) is 5.94. The Bertz CT molecular complexity index is 819. The first-order valence-corrected chi connectivity index (χ1v) is 7.45. The average Bonchev–Trinajstić information content (AvgIpc) is 3.31. The smallest absolute Gasteiger partial charge is 0.123 e. The summed E-state index contributed by atoms with van der Waals surface area (Å²) in [5.41, 5.74) is 3.15. The van der Waals surface area contributed by atoms with E-state index in [-0.39, 0.29) is 5.60 Å². The maximum atomic E-state index is 5.86. The summed E-state index contributed by atoms with van der Waals surface area (Å²) in [6.45, 7) is 3.43. The second kappa shape index (κ2) is 5.11. The summed E-state index contributed by atoms with van der Waals surface area (Å²) in [4.78, 5) is 4.52. The summed E-state index contributed by atoms with van der Waals surface area (Å²) in [6, 6.07) is 18.4. The van der Waals surface area contributed by atoms with E-state index in [1.807, 2.05) is 24.4 Å². The van der Waals surface area contributed by atoms with E-state index in [0.717, 1.165) is 34.4 Å². The van der Waals surface area contributed by atoms with E-state index >= 15 is 0 Å². The van der Waals surface area contributed by atoms with Gasteiger partial charge in [0.25, 0.3) is 0 Å². The van der Waals surface area contributed by atoms with Crippen LogP contribution < -0.4 is 4.74 Å². The molecule has 2 heterocycles. The van der Waals surface area contributed by atoms with Crippen LogP contribution in [0.4, 0.5) is 0 Å². The summed E-state index contributed by atoms with van der Waals surface area (Å²) in [7, 11) is 0. The van der Waals surface area contributed by atoms with Crippen LogP contribution in [0.15, 0.2) is 60.8 Å². The van der Waals surface area contributed by atoms with Crippen LogP contribution in [0.2, 0.25) is 0 Å². The highest BCUT2D eigenvalue weighted by molar-refractivity contribution is 5.93. The molecule has 1 aromatic heterocycles. The number of para-hydroxylation sites is 1. The minimum absolute atomic E-state index is 0.100. The molecule has 1 fully saturated rings. The van der Waals surface area contributed by atoms with Gasteiger partial charge in [-0.3, -0.25) is 4.98 Å². The van der Waals surface area contributed by atoms with Crippen LogP contribution in [-0.2, 0) is 4.74 Å². The molecule has 1 aliphatic rings. The van der Waals surface area contributed by atoms with Gasteiger partial charge in [-0.25, -0.2) is 0 Å². The van der Waals surface area contributed by atoms with Crippen molar-refractivity contribution in [3.05, 3.63) is 60.8 Å². The van der Waals surface area contributed by atoms with Crippen molar-refractivity contribution in [2.24, 2.45) is 0 Å². The van der Waals surface area contributed by atoms with Gasteiger partial charge in [-0.05, 0) is 30.7 Å². The topological polar surface area (TPSA) is 34.6 Å². The van der Waals surface area contributed by atoms with Crippen LogP contribution in [0.5, 0.6) is 5.75 Å². The van der Waals surface area contributed by atoms with Crippen molar-refractivity contribution < 1.29 is 9.47 Å². The summed E-state index contributed by atoms with van der Waals surface area (Å²) in [5, 5.41) is 1.14. The number of benzene rings is 2. The van der Waals surface area contributed by atoms with Gasteiger partial charge in [0.1, 0.15) is 18.0 Å². The Morgan fingerprint density at radius 1 is 1.14 bits per heavy atom. The third kappa shape index (κ3) is 2.55. The minimum atomic E-state index is -0.100. The quantitative estimate of drug-likeness (QED) is 0.680. The number of fused-ring (bicyclic) bond motifs is 1. The largest absolute Gasteiger partial charge is 0.490 e. The molecule has 3 aromatic rings. The van der Waals surface area contributed by atoms with Crippen molar-refractivity contribution in [3.63, 3.8) is 0 Å². The van der Waals surface area contributed by atoms with Gasteiger partial charge < -0.3 is 9.47 Å². The lowest BCUT2D eigenvalue weighted by molar-refractivity contribution is 0.202. The first-order valence-electron chi connectivity index (χ1n) is 7.45. The Balaban J connectivity index is 1.69. The molecule has 0 N–H and O–H groups in total. The Morgan fingerprint density at radius 2 is 1.95 bits per heavy atom. The van der Waals surface area contributed by atoms with Crippen molar-refractivity contribution in [1.82, 2.24) is 4.98 Å². The third-order valence-corrected chi connectivity index (χ3v) is 3.96. The maximum absolute atomic E-state index is 5.86. The molecule has 1 aliphatic heterocycles. The summed E-state index contributed by atoms with van der Waals surface area (Å²) >= 11 is 0. The Hall–Kier alpha value is -2.39. The Morgan fingerprint density at radius 3 is 2.82 bits per heavy atom. The van der Waals surface area contributed by atoms with Crippen molar-refractivity contribution in [2.75, 3.05) is 13.2 Å². The number of rotatable bonds is 4. The van der Waals surface area contributed by atoms with Gasteiger partial charge in [-0.1, -0.05) is 36.4 Å². The van der Waals surface area contributed by atoms with Gasteiger partial charge in [-0.15, -0.1) is 0 Å². The molecule has 0 amide bonds. The molecule has 0 radical (unpaired) electrons. The van der Waals surface area contributed by atoms with Gasteiger partial charge in [0, 0.05) is 17.1 Å². The zero-order valence-electron chi connectivity index (χ0n) is 12.5. The van der Waals surface area contributed by atoms with E-state index in [4.69, 9.17) is 9.47 Å². The second-order valence-corrected chi connectivity index (χ2v) is 5.94. The molecule has 0 unspecified atom stereocenters. The van der Waals surface area contributed by atoms with E-state index in [2.05, 4.69) is 48.3 Å². The molecule has 3 nitrogen and oxygen atoms in total. The molecule has 0 spiro atoms. The van der Waals surface area contributed by atoms with Crippen LogP contribution in [0.3, 0.4) is 0 Å². The van der Waals surface area contributed by atoms with Crippen molar-refractivity contribution in [2.45, 2.75) is 12.5 Å². The number of nitrogens with zero attached hydrogens (tertiary/aromatic N) is 1. The molecule has 0 saturated carbocycles. The first kappa shape index (κ1) is 13.3. The highest BCUT2D eigenvalue weighted by Gasteiger charge is 2.40. The lowest BCUT2D eigenvalue weighted by Crippen LogP contribution is -2.16. The Labute approximate surface area is 129 Å². The van der Waals surface area contributed by atoms with Crippen LogP contribution in [0, 0.1) is 0 Å². The van der Waals surface area contributed by atoms with E-state index < -0.39 is 0 Å². The molecular formula is C19H17NO2. The number of hydrogen-bond acceptors (Lipinski definition) is 3. The molecular weight excluding hydrogens is 274 g/mol. The molecule has 4 rings (SSSR count). The summed E-state index contributed by atoms with van der Waals surface area (Å²) in [6.07, 6.45) is 1.83. The average molecular weight is 291 g/mol. The third-order valence-electron chi connectivity index (χ3n) is 3.96. The molecule has 1 atom stereocenters. The fourth-order valence-corrected chi connectivity index (χ4v) is 2.53. The van der Waals surface area contributed by atoms with E-state index in [1.54, 1.807) is 0 Å². The monoisotopic (exact) mass is 291 g/mol. The standard InChI is InChI=1S/C19H17NO2/c1-19(13-22-19)12-21-16-8-2-6-15(11-16)17-9-3-5-14-7-4-10-20-18(14)17/h2-11H,12-13H2,1H3/t19-/m0/s1. The predicted molar refractivity (Wildman–Crippen MR) is 87.0 cm³/mol. The highest BCUT2D eigenvalue weighted by Crippen LogP contribution is 2.31. The van der Waals surface area contributed by atoms with Gasteiger partial charge in [0.15, 0.2) is 0 Å². The van der Waals surface area contributed by atoms with E-state index in [9.17, 15) is 0 Å². The normalized spacial score (nSPS) is 20.0. The van der Waals surface area contributed by atoms with Crippen molar-refractivity contribution in [1.29, 1.82) is 0 Å². The SMILES string of the molecule is C[C@]1(COc2cccc(-c3cccc4cccnc34)c2)CO1. The number of pyridine rings is 1.